The second kappa shape index (κ2) is 5.58. The summed E-state index contributed by atoms with van der Waals surface area (Å²) in [5.41, 5.74) is 5.28. The molecular formula is C17H17NO. The van der Waals surface area contributed by atoms with Crippen molar-refractivity contribution in [2.24, 2.45) is 0 Å². The van der Waals surface area contributed by atoms with Crippen molar-refractivity contribution in [2.75, 3.05) is 0 Å². The van der Waals surface area contributed by atoms with Crippen LogP contribution in [-0.2, 0) is 6.61 Å². The Balaban J connectivity index is 2.12. The van der Waals surface area contributed by atoms with Crippen molar-refractivity contribution in [1.82, 2.24) is 0 Å². The highest BCUT2D eigenvalue weighted by Gasteiger charge is 2.02. The van der Waals surface area contributed by atoms with E-state index >= 15 is 0 Å². The van der Waals surface area contributed by atoms with E-state index in [2.05, 4.69) is 26.0 Å². The Kier molecular flexibility index (Phi) is 3.87. The highest BCUT2D eigenvalue weighted by atomic mass is 16.5. The fourth-order valence-electron chi connectivity index (χ4n) is 2.10. The van der Waals surface area contributed by atoms with Gasteiger partial charge in [0.25, 0.3) is 0 Å². The normalized spacial score (nSPS) is 10.0. The van der Waals surface area contributed by atoms with E-state index in [-0.39, 0.29) is 0 Å². The molecule has 0 atom stereocenters. The van der Waals surface area contributed by atoms with Crippen LogP contribution in [0.5, 0.6) is 5.75 Å². The Bertz CT molecular complexity index is 618. The van der Waals surface area contributed by atoms with Gasteiger partial charge in [0.15, 0.2) is 0 Å². The molecule has 19 heavy (non-hydrogen) atoms. The molecule has 0 fully saturated rings. The fraction of sp³-hybridized carbons (Fsp3) is 0.235. The van der Waals surface area contributed by atoms with Gasteiger partial charge in [-0.1, -0.05) is 12.1 Å². The molecule has 0 spiro atoms. The molecule has 0 bridgehead atoms. The molecule has 0 saturated heterocycles. The zero-order valence-electron chi connectivity index (χ0n) is 11.5. The molecule has 0 amide bonds. The Hall–Kier alpha value is -2.27. The van der Waals surface area contributed by atoms with Gasteiger partial charge in [-0.05, 0) is 67.3 Å². The van der Waals surface area contributed by atoms with Crippen LogP contribution in [0.1, 0.15) is 27.8 Å². The number of aryl methyl sites for hydroxylation is 3. The van der Waals surface area contributed by atoms with Gasteiger partial charge in [-0.25, -0.2) is 0 Å². The fourth-order valence-corrected chi connectivity index (χ4v) is 2.10. The molecule has 0 N–H and O–H groups in total. The summed E-state index contributed by atoms with van der Waals surface area (Å²) < 4.78 is 5.83. The summed E-state index contributed by atoms with van der Waals surface area (Å²) in [7, 11) is 0. The average Bonchev–Trinajstić information content (AvgIpc) is 2.36. The molecule has 2 aromatic rings. The smallest absolute Gasteiger partial charge is 0.120 e. The monoisotopic (exact) mass is 251 g/mol. The molecule has 0 aromatic heterocycles. The van der Waals surface area contributed by atoms with Gasteiger partial charge < -0.3 is 4.74 Å². The standard InChI is InChI=1S/C17H17NO/c1-12-6-13(2)8-17(7-12)19-11-16-5-4-15(10-18)9-14(16)3/h4-9H,11H2,1-3H3. The summed E-state index contributed by atoms with van der Waals surface area (Å²) in [6.45, 7) is 6.65. The SMILES string of the molecule is Cc1cc(C)cc(OCc2ccc(C#N)cc2C)c1. The summed E-state index contributed by atoms with van der Waals surface area (Å²) in [6, 6.07) is 14.0. The minimum Gasteiger partial charge on any atom is -0.489 e. The van der Waals surface area contributed by atoms with Crippen LogP contribution in [0.4, 0.5) is 0 Å². The molecule has 2 aromatic carbocycles. The second-order valence-electron chi connectivity index (χ2n) is 4.87. The van der Waals surface area contributed by atoms with E-state index in [0.29, 0.717) is 12.2 Å². The molecule has 2 heteroatoms. The maximum atomic E-state index is 8.84. The van der Waals surface area contributed by atoms with Crippen molar-refractivity contribution in [2.45, 2.75) is 27.4 Å². The first kappa shape index (κ1) is 13.2. The lowest BCUT2D eigenvalue weighted by Gasteiger charge is -2.10. The van der Waals surface area contributed by atoms with Gasteiger partial charge in [0.1, 0.15) is 12.4 Å². The summed E-state index contributed by atoms with van der Waals surface area (Å²) >= 11 is 0. The van der Waals surface area contributed by atoms with E-state index < -0.39 is 0 Å². The maximum absolute atomic E-state index is 8.84. The molecule has 2 nitrogen and oxygen atoms in total. The number of benzene rings is 2. The largest absolute Gasteiger partial charge is 0.489 e. The van der Waals surface area contributed by atoms with E-state index in [0.717, 1.165) is 16.9 Å². The van der Waals surface area contributed by atoms with Crippen LogP contribution in [0.15, 0.2) is 36.4 Å². The molecule has 96 valence electrons. The third-order valence-electron chi connectivity index (χ3n) is 3.06. The number of ether oxygens (including phenoxy) is 1. The van der Waals surface area contributed by atoms with E-state index in [9.17, 15) is 0 Å². The van der Waals surface area contributed by atoms with Gasteiger partial charge in [0.05, 0.1) is 11.6 Å². The van der Waals surface area contributed by atoms with Gasteiger partial charge in [0, 0.05) is 0 Å². The quantitative estimate of drug-likeness (QED) is 0.824. The minimum absolute atomic E-state index is 0.528. The Labute approximate surface area is 114 Å². The predicted octanol–water partition coefficient (Wildman–Crippen LogP) is 4.06. The first-order chi connectivity index (χ1) is 9.08. The molecule has 0 unspecified atom stereocenters. The Morgan fingerprint density at radius 1 is 1.00 bits per heavy atom. The van der Waals surface area contributed by atoms with Gasteiger partial charge in [-0.2, -0.15) is 5.26 Å². The lowest BCUT2D eigenvalue weighted by atomic mass is 10.1. The topological polar surface area (TPSA) is 33.0 Å². The first-order valence-corrected chi connectivity index (χ1v) is 6.29. The van der Waals surface area contributed by atoms with Crippen LogP contribution in [0.2, 0.25) is 0 Å². The van der Waals surface area contributed by atoms with Crippen LogP contribution in [0.3, 0.4) is 0 Å². The highest BCUT2D eigenvalue weighted by Crippen LogP contribution is 2.19. The van der Waals surface area contributed by atoms with E-state index in [1.54, 1.807) is 0 Å². The molecule has 0 aliphatic carbocycles. The Morgan fingerprint density at radius 2 is 1.68 bits per heavy atom. The van der Waals surface area contributed by atoms with Crippen molar-refractivity contribution in [3.8, 4) is 11.8 Å². The number of nitrogens with zero attached hydrogens (tertiary/aromatic N) is 1. The summed E-state index contributed by atoms with van der Waals surface area (Å²) in [5.74, 6) is 0.890. The van der Waals surface area contributed by atoms with Crippen molar-refractivity contribution < 1.29 is 4.74 Å². The zero-order valence-corrected chi connectivity index (χ0v) is 11.5. The van der Waals surface area contributed by atoms with Crippen LogP contribution in [0.25, 0.3) is 0 Å². The number of rotatable bonds is 3. The minimum atomic E-state index is 0.528. The number of hydrogen-bond acceptors (Lipinski definition) is 2. The molecule has 0 radical (unpaired) electrons. The van der Waals surface area contributed by atoms with Crippen molar-refractivity contribution in [3.63, 3.8) is 0 Å². The third kappa shape index (κ3) is 3.35. The lowest BCUT2D eigenvalue weighted by molar-refractivity contribution is 0.305. The molecular weight excluding hydrogens is 234 g/mol. The molecule has 0 aliphatic heterocycles. The van der Waals surface area contributed by atoms with E-state index in [4.69, 9.17) is 10.00 Å². The van der Waals surface area contributed by atoms with Gasteiger partial charge >= 0.3 is 0 Å². The number of hydrogen-bond donors (Lipinski definition) is 0. The van der Waals surface area contributed by atoms with Crippen molar-refractivity contribution in [3.05, 3.63) is 64.2 Å². The van der Waals surface area contributed by atoms with Crippen LogP contribution >= 0.6 is 0 Å². The maximum Gasteiger partial charge on any atom is 0.120 e. The zero-order chi connectivity index (χ0) is 13.8. The first-order valence-electron chi connectivity index (χ1n) is 6.29. The summed E-state index contributed by atoms with van der Waals surface area (Å²) in [5, 5.41) is 8.84. The predicted molar refractivity (Wildman–Crippen MR) is 76.1 cm³/mol. The average molecular weight is 251 g/mol. The third-order valence-corrected chi connectivity index (χ3v) is 3.06. The van der Waals surface area contributed by atoms with Crippen LogP contribution in [0, 0.1) is 32.1 Å². The van der Waals surface area contributed by atoms with Gasteiger partial charge in [-0.3, -0.25) is 0 Å². The van der Waals surface area contributed by atoms with Crippen LogP contribution < -0.4 is 4.74 Å². The summed E-state index contributed by atoms with van der Waals surface area (Å²) in [6.07, 6.45) is 0. The Morgan fingerprint density at radius 3 is 2.26 bits per heavy atom. The number of nitriles is 1. The van der Waals surface area contributed by atoms with E-state index in [1.807, 2.05) is 37.3 Å². The molecule has 0 aliphatic rings. The second-order valence-corrected chi connectivity index (χ2v) is 4.87. The summed E-state index contributed by atoms with van der Waals surface area (Å²) in [4.78, 5) is 0. The van der Waals surface area contributed by atoms with E-state index in [1.165, 1.54) is 11.1 Å². The van der Waals surface area contributed by atoms with Crippen molar-refractivity contribution in [1.29, 1.82) is 5.26 Å². The molecule has 2 rings (SSSR count). The molecule has 0 heterocycles. The van der Waals surface area contributed by atoms with Gasteiger partial charge in [0.2, 0.25) is 0 Å². The van der Waals surface area contributed by atoms with Crippen molar-refractivity contribution >= 4 is 0 Å². The molecule has 0 saturated carbocycles. The highest BCUT2D eigenvalue weighted by molar-refractivity contribution is 5.38. The van der Waals surface area contributed by atoms with Crippen LogP contribution in [-0.4, -0.2) is 0 Å². The lowest BCUT2D eigenvalue weighted by Crippen LogP contribution is -1.99. The van der Waals surface area contributed by atoms with Gasteiger partial charge in [-0.15, -0.1) is 0 Å².